The van der Waals surface area contributed by atoms with Crippen molar-refractivity contribution in [2.24, 2.45) is 0 Å². The van der Waals surface area contributed by atoms with Crippen molar-refractivity contribution in [3.8, 4) is 11.5 Å². The van der Waals surface area contributed by atoms with Gasteiger partial charge in [0.25, 0.3) is 0 Å². The molecule has 0 aliphatic rings. The molecule has 0 saturated heterocycles. The Morgan fingerprint density at radius 1 is 0.900 bits per heavy atom. The molecule has 0 unspecified atom stereocenters. The lowest BCUT2D eigenvalue weighted by atomic mass is 10.2. The van der Waals surface area contributed by atoms with E-state index in [9.17, 15) is 9.59 Å². The molecule has 5 heteroatoms. The average Bonchev–Trinajstić information content (AvgIpc) is 2.41. The summed E-state index contributed by atoms with van der Waals surface area (Å²) in [5.41, 5.74) is 0.193. The molecule has 0 atom stereocenters. The molecular formula is C15H11BrO4. The first-order valence-electron chi connectivity index (χ1n) is 5.82. The van der Waals surface area contributed by atoms with Crippen molar-refractivity contribution in [3.05, 3.63) is 58.6 Å². The maximum Gasteiger partial charge on any atom is 0.347 e. The number of benzene rings is 2. The molecule has 2 rings (SSSR count). The zero-order valence-electron chi connectivity index (χ0n) is 10.6. The van der Waals surface area contributed by atoms with Crippen molar-refractivity contribution >= 4 is 27.9 Å². The Kier molecular flexibility index (Phi) is 4.53. The molecule has 0 heterocycles. The van der Waals surface area contributed by atoms with Crippen LogP contribution in [0.5, 0.6) is 11.5 Å². The summed E-state index contributed by atoms with van der Waals surface area (Å²) in [6, 6.07) is 13.4. The Balaban J connectivity index is 2.26. The predicted molar refractivity (Wildman–Crippen MR) is 76.9 cm³/mol. The van der Waals surface area contributed by atoms with Gasteiger partial charge in [-0.25, -0.2) is 4.79 Å². The van der Waals surface area contributed by atoms with Gasteiger partial charge in [-0.05, 0) is 40.2 Å². The van der Waals surface area contributed by atoms with E-state index < -0.39 is 11.9 Å². The lowest BCUT2D eigenvalue weighted by molar-refractivity contribution is -0.131. The highest BCUT2D eigenvalue weighted by atomic mass is 79.9. The summed E-state index contributed by atoms with van der Waals surface area (Å²) in [5, 5.41) is 0. The number of hydrogen-bond acceptors (Lipinski definition) is 4. The van der Waals surface area contributed by atoms with E-state index in [1.165, 1.54) is 19.1 Å². The number of rotatable bonds is 3. The van der Waals surface area contributed by atoms with Gasteiger partial charge in [0, 0.05) is 6.92 Å². The van der Waals surface area contributed by atoms with E-state index in [0.29, 0.717) is 10.2 Å². The van der Waals surface area contributed by atoms with Gasteiger partial charge in [0.1, 0.15) is 17.1 Å². The highest BCUT2D eigenvalue weighted by molar-refractivity contribution is 9.10. The first-order valence-corrected chi connectivity index (χ1v) is 6.61. The van der Waals surface area contributed by atoms with E-state index in [1.807, 2.05) is 6.07 Å². The zero-order valence-corrected chi connectivity index (χ0v) is 12.2. The van der Waals surface area contributed by atoms with Gasteiger partial charge < -0.3 is 9.47 Å². The normalized spacial score (nSPS) is 9.90. The third kappa shape index (κ3) is 3.45. The summed E-state index contributed by atoms with van der Waals surface area (Å²) in [5.74, 6) is -0.507. The van der Waals surface area contributed by atoms with Crippen LogP contribution < -0.4 is 9.47 Å². The number of esters is 2. The minimum atomic E-state index is -0.589. The summed E-state index contributed by atoms with van der Waals surface area (Å²) in [4.78, 5) is 23.2. The Morgan fingerprint density at radius 3 is 2.15 bits per heavy atom. The van der Waals surface area contributed by atoms with E-state index in [0.717, 1.165) is 0 Å². The van der Waals surface area contributed by atoms with Crippen molar-refractivity contribution in [1.29, 1.82) is 0 Å². The second-order valence-electron chi connectivity index (χ2n) is 3.91. The molecule has 0 saturated carbocycles. The van der Waals surface area contributed by atoms with Crippen LogP contribution in [0.15, 0.2) is 53.0 Å². The first kappa shape index (κ1) is 14.3. The van der Waals surface area contributed by atoms with Crippen LogP contribution in [0.25, 0.3) is 0 Å². The lowest BCUT2D eigenvalue weighted by Crippen LogP contribution is -2.12. The summed E-state index contributed by atoms with van der Waals surface area (Å²) < 4.78 is 10.9. The van der Waals surface area contributed by atoms with Crippen LogP contribution in [0.4, 0.5) is 0 Å². The molecule has 0 aromatic heterocycles. The molecule has 0 aliphatic carbocycles. The summed E-state index contributed by atoms with van der Waals surface area (Å²) in [6.07, 6.45) is 0. The standard InChI is InChI=1S/C15H11BrO4/c1-10(17)19-13-8-4-2-6-11(13)15(18)20-14-9-5-3-7-12(14)16/h2-9H,1H3. The number of ether oxygens (including phenoxy) is 2. The van der Waals surface area contributed by atoms with Gasteiger partial charge in [0.05, 0.1) is 4.47 Å². The van der Waals surface area contributed by atoms with Crippen LogP contribution in [0, 0.1) is 0 Å². The third-order valence-electron chi connectivity index (χ3n) is 2.40. The summed E-state index contributed by atoms with van der Waals surface area (Å²) >= 11 is 3.29. The summed E-state index contributed by atoms with van der Waals surface area (Å²) in [7, 11) is 0. The Hall–Kier alpha value is -2.14. The van der Waals surface area contributed by atoms with Crippen molar-refractivity contribution < 1.29 is 19.1 Å². The van der Waals surface area contributed by atoms with Gasteiger partial charge in [0.2, 0.25) is 0 Å². The van der Waals surface area contributed by atoms with Gasteiger partial charge in [0.15, 0.2) is 0 Å². The zero-order chi connectivity index (χ0) is 14.5. The van der Waals surface area contributed by atoms with Crippen molar-refractivity contribution in [2.75, 3.05) is 0 Å². The molecule has 0 N–H and O–H groups in total. The number of halogens is 1. The van der Waals surface area contributed by atoms with E-state index in [4.69, 9.17) is 9.47 Å². The van der Waals surface area contributed by atoms with E-state index in [-0.39, 0.29) is 11.3 Å². The van der Waals surface area contributed by atoms with Crippen LogP contribution in [0.1, 0.15) is 17.3 Å². The highest BCUT2D eigenvalue weighted by Gasteiger charge is 2.16. The van der Waals surface area contributed by atoms with E-state index in [1.54, 1.807) is 30.3 Å². The minimum absolute atomic E-state index is 0.178. The predicted octanol–water partition coefficient (Wildman–Crippen LogP) is 3.59. The fourth-order valence-corrected chi connectivity index (χ4v) is 1.93. The SMILES string of the molecule is CC(=O)Oc1ccccc1C(=O)Oc1ccccc1Br. The molecule has 0 fully saturated rings. The van der Waals surface area contributed by atoms with Gasteiger partial charge >= 0.3 is 11.9 Å². The fraction of sp³-hybridized carbons (Fsp3) is 0.0667. The van der Waals surface area contributed by atoms with Gasteiger partial charge in [-0.3, -0.25) is 4.79 Å². The summed E-state index contributed by atoms with van der Waals surface area (Å²) in [6.45, 7) is 1.27. The third-order valence-corrected chi connectivity index (χ3v) is 3.06. The van der Waals surface area contributed by atoms with Gasteiger partial charge in [-0.15, -0.1) is 0 Å². The molecule has 4 nitrogen and oxygen atoms in total. The highest BCUT2D eigenvalue weighted by Crippen LogP contribution is 2.26. The molecule has 2 aromatic carbocycles. The molecule has 0 amide bonds. The second kappa shape index (κ2) is 6.34. The van der Waals surface area contributed by atoms with Crippen LogP contribution in [0.3, 0.4) is 0 Å². The lowest BCUT2D eigenvalue weighted by Gasteiger charge is -2.09. The van der Waals surface area contributed by atoms with Crippen LogP contribution in [-0.4, -0.2) is 11.9 Å². The molecular weight excluding hydrogens is 324 g/mol. The second-order valence-corrected chi connectivity index (χ2v) is 4.76. The van der Waals surface area contributed by atoms with E-state index >= 15 is 0 Å². The minimum Gasteiger partial charge on any atom is -0.426 e. The molecule has 2 aromatic rings. The number of hydrogen-bond donors (Lipinski definition) is 0. The van der Waals surface area contributed by atoms with Crippen LogP contribution in [0.2, 0.25) is 0 Å². The maximum absolute atomic E-state index is 12.1. The van der Waals surface area contributed by atoms with E-state index in [2.05, 4.69) is 15.9 Å². The van der Waals surface area contributed by atoms with Crippen molar-refractivity contribution in [3.63, 3.8) is 0 Å². The molecule has 0 bridgehead atoms. The topological polar surface area (TPSA) is 52.6 Å². The molecule has 0 spiro atoms. The number of carbonyl (C=O) groups is 2. The average molecular weight is 335 g/mol. The maximum atomic E-state index is 12.1. The molecule has 102 valence electrons. The van der Waals surface area contributed by atoms with Crippen LogP contribution >= 0.6 is 15.9 Å². The molecule has 0 aliphatic heterocycles. The van der Waals surface area contributed by atoms with Crippen LogP contribution in [-0.2, 0) is 4.79 Å². The fourth-order valence-electron chi connectivity index (χ4n) is 1.56. The quantitative estimate of drug-likeness (QED) is 0.635. The molecule has 20 heavy (non-hydrogen) atoms. The largest absolute Gasteiger partial charge is 0.426 e. The molecule has 0 radical (unpaired) electrons. The Bertz CT molecular complexity index is 652. The number of para-hydroxylation sites is 2. The Morgan fingerprint density at radius 2 is 1.50 bits per heavy atom. The van der Waals surface area contributed by atoms with Gasteiger partial charge in [-0.2, -0.15) is 0 Å². The van der Waals surface area contributed by atoms with Crippen molar-refractivity contribution in [1.82, 2.24) is 0 Å². The first-order chi connectivity index (χ1) is 9.58. The smallest absolute Gasteiger partial charge is 0.347 e. The van der Waals surface area contributed by atoms with Gasteiger partial charge in [-0.1, -0.05) is 24.3 Å². The van der Waals surface area contributed by atoms with Crippen molar-refractivity contribution in [2.45, 2.75) is 6.92 Å². The Labute approximate surface area is 124 Å². The number of carbonyl (C=O) groups excluding carboxylic acids is 2. The monoisotopic (exact) mass is 334 g/mol.